The second-order valence-electron chi connectivity index (χ2n) is 10.1. The lowest BCUT2D eigenvalue weighted by molar-refractivity contribution is -0.277. The largest absolute Gasteiger partial charge is 0.455 e. The first-order valence-electron chi connectivity index (χ1n) is 12.9. The first kappa shape index (κ1) is 29.0. The summed E-state index contributed by atoms with van der Waals surface area (Å²) in [6.07, 6.45) is -7.71. The molecule has 2 fully saturated rings. The molecule has 15 heteroatoms. The minimum absolute atomic E-state index is 0.00358. The highest BCUT2D eigenvalue weighted by molar-refractivity contribution is 5.99. The van der Waals surface area contributed by atoms with Crippen molar-refractivity contribution in [3.05, 3.63) is 63.1 Å². The Morgan fingerprint density at radius 1 is 1.17 bits per heavy atom. The summed E-state index contributed by atoms with van der Waals surface area (Å²) < 4.78 is 45.4. The van der Waals surface area contributed by atoms with Crippen LogP contribution in [0.2, 0.25) is 0 Å². The summed E-state index contributed by atoms with van der Waals surface area (Å²) in [7, 11) is 0. The van der Waals surface area contributed by atoms with E-state index in [0.717, 1.165) is 18.3 Å². The van der Waals surface area contributed by atoms with E-state index in [1.54, 1.807) is 6.92 Å². The third-order valence-corrected chi connectivity index (χ3v) is 7.44. The molecule has 41 heavy (non-hydrogen) atoms. The van der Waals surface area contributed by atoms with Crippen LogP contribution in [-0.2, 0) is 22.6 Å². The maximum atomic E-state index is 14.1. The Labute approximate surface area is 231 Å². The Balaban J connectivity index is 1.54. The summed E-state index contributed by atoms with van der Waals surface area (Å²) in [6.45, 7) is 1.01. The van der Waals surface area contributed by atoms with Crippen LogP contribution >= 0.6 is 0 Å². The van der Waals surface area contributed by atoms with Crippen LogP contribution in [-0.4, -0.2) is 97.9 Å². The van der Waals surface area contributed by atoms with Gasteiger partial charge in [-0.2, -0.15) is 0 Å². The van der Waals surface area contributed by atoms with E-state index in [9.17, 15) is 43.6 Å². The molecular formula is C26H29F2N3O10. The number of amides is 2. The van der Waals surface area contributed by atoms with Gasteiger partial charge in [-0.15, -0.1) is 0 Å². The maximum absolute atomic E-state index is 14.1. The molecule has 5 N–H and O–H groups in total. The first-order chi connectivity index (χ1) is 19.5. The Kier molecular flexibility index (Phi) is 8.09. The number of fused-ring (bicyclic) bond motifs is 2. The van der Waals surface area contributed by atoms with E-state index in [1.165, 1.54) is 9.47 Å². The molecule has 0 radical (unpaired) electrons. The quantitative estimate of drug-likeness (QED) is 0.279. The van der Waals surface area contributed by atoms with E-state index in [2.05, 4.69) is 5.32 Å². The molecule has 4 heterocycles. The third-order valence-electron chi connectivity index (χ3n) is 7.44. The van der Waals surface area contributed by atoms with E-state index in [4.69, 9.17) is 14.2 Å². The number of carbonyl (C=O) groups excluding carboxylic acids is 2. The number of halogens is 2. The van der Waals surface area contributed by atoms with Crippen LogP contribution in [0.4, 0.5) is 8.78 Å². The Hall–Kier alpha value is -3.47. The molecule has 2 saturated heterocycles. The number of pyridine rings is 1. The van der Waals surface area contributed by atoms with Gasteiger partial charge in [0.25, 0.3) is 11.8 Å². The number of carbonyl (C=O) groups is 2. The van der Waals surface area contributed by atoms with Crippen molar-refractivity contribution >= 4 is 11.8 Å². The lowest BCUT2D eigenvalue weighted by Crippen LogP contribution is -2.60. The molecule has 7 atom stereocenters. The molecule has 0 spiro atoms. The molecule has 13 nitrogen and oxygen atoms in total. The van der Waals surface area contributed by atoms with Crippen molar-refractivity contribution in [2.75, 3.05) is 13.2 Å². The summed E-state index contributed by atoms with van der Waals surface area (Å²) in [5.41, 5.74) is -1.92. The van der Waals surface area contributed by atoms with Crippen LogP contribution < -0.4 is 15.5 Å². The van der Waals surface area contributed by atoms with Crippen molar-refractivity contribution < 1.29 is 53.0 Å². The third kappa shape index (κ3) is 5.31. The highest BCUT2D eigenvalue weighted by atomic mass is 19.1. The second-order valence-corrected chi connectivity index (χ2v) is 10.1. The Bertz CT molecular complexity index is 1400. The van der Waals surface area contributed by atoms with Crippen molar-refractivity contribution in [2.45, 2.75) is 69.4 Å². The number of aliphatic hydroxyl groups is 4. The van der Waals surface area contributed by atoms with E-state index in [0.29, 0.717) is 19.1 Å². The van der Waals surface area contributed by atoms with Crippen molar-refractivity contribution in [2.24, 2.45) is 0 Å². The van der Waals surface area contributed by atoms with Crippen molar-refractivity contribution in [1.29, 1.82) is 0 Å². The molecule has 0 saturated carbocycles. The zero-order valence-electron chi connectivity index (χ0n) is 21.8. The SMILES string of the molecule is C[C@@H]1CCO[C@H]2Cn3cc(C(=O)NCc4ccc(F)cc4F)c(=O)c(O[C@@H]4O[C@H](CO)[C@@H](O)[C@H](O)[C@H]4O)c3C(=O)N12. The number of nitrogens with zero attached hydrogens (tertiary/aromatic N) is 2. The average molecular weight is 582 g/mol. The molecule has 2 aromatic rings. The van der Waals surface area contributed by atoms with Crippen LogP contribution in [0.15, 0.2) is 29.2 Å². The lowest BCUT2D eigenvalue weighted by atomic mass is 9.99. The standard InChI is InChI=1S/C26H29F2N3O10/c1-11-4-5-39-17-9-30-8-14(24(37)29-7-12-2-3-13(27)6-15(12)28)19(33)23(18(30)25(38)31(11)17)41-26-22(36)21(35)20(34)16(10-32)40-26/h2-3,6,8,11,16-17,20-22,26,32,34-36H,4-5,7,9-10H2,1H3,(H,29,37)/t11-,16-,17+,20-,21+,22-,26+/m1/s1. The van der Waals surface area contributed by atoms with Crippen molar-refractivity contribution in [3.8, 4) is 5.75 Å². The van der Waals surface area contributed by atoms with Gasteiger partial charge in [-0.1, -0.05) is 6.07 Å². The van der Waals surface area contributed by atoms with E-state index in [1.807, 2.05) is 0 Å². The van der Waals surface area contributed by atoms with Gasteiger partial charge >= 0.3 is 0 Å². The highest BCUT2D eigenvalue weighted by Crippen LogP contribution is 2.32. The number of ether oxygens (including phenoxy) is 3. The molecule has 5 rings (SSSR count). The molecule has 3 aliphatic heterocycles. The zero-order chi connectivity index (χ0) is 29.6. The normalized spacial score (nSPS) is 29.5. The van der Waals surface area contributed by atoms with Crippen LogP contribution in [0.5, 0.6) is 5.75 Å². The predicted molar refractivity (Wildman–Crippen MR) is 133 cm³/mol. The molecule has 1 aromatic heterocycles. The molecular weight excluding hydrogens is 552 g/mol. The maximum Gasteiger partial charge on any atom is 0.276 e. The molecule has 0 bridgehead atoms. The van der Waals surface area contributed by atoms with Gasteiger partial charge in [0.05, 0.1) is 19.8 Å². The number of rotatable bonds is 6. The van der Waals surface area contributed by atoms with Crippen LogP contribution in [0.25, 0.3) is 0 Å². The summed E-state index contributed by atoms with van der Waals surface area (Å²) in [6, 6.07) is 2.52. The van der Waals surface area contributed by atoms with Crippen molar-refractivity contribution in [1.82, 2.24) is 14.8 Å². The first-order valence-corrected chi connectivity index (χ1v) is 12.9. The zero-order valence-corrected chi connectivity index (χ0v) is 21.8. The van der Waals surface area contributed by atoms with Crippen LogP contribution in [0.3, 0.4) is 0 Å². The summed E-state index contributed by atoms with van der Waals surface area (Å²) in [5.74, 6) is -4.03. The van der Waals surface area contributed by atoms with Gasteiger partial charge in [0.15, 0.2) is 17.7 Å². The van der Waals surface area contributed by atoms with Gasteiger partial charge in [0.2, 0.25) is 11.7 Å². The summed E-state index contributed by atoms with van der Waals surface area (Å²) in [4.78, 5) is 41.9. The van der Waals surface area contributed by atoms with Gasteiger partial charge < -0.3 is 49.4 Å². The number of aromatic nitrogens is 1. The number of nitrogens with one attached hydrogen (secondary N) is 1. The fraction of sp³-hybridized carbons (Fsp3) is 0.500. The average Bonchev–Trinajstić information content (AvgIpc) is 2.93. The van der Waals surface area contributed by atoms with E-state index < -0.39 is 90.3 Å². The fourth-order valence-corrected chi connectivity index (χ4v) is 5.13. The number of benzene rings is 1. The number of hydrogen-bond acceptors (Lipinski definition) is 10. The number of hydrogen-bond donors (Lipinski definition) is 5. The topological polar surface area (TPSA) is 180 Å². The van der Waals surface area contributed by atoms with Crippen LogP contribution in [0, 0.1) is 11.6 Å². The van der Waals surface area contributed by atoms with Gasteiger partial charge in [0, 0.05) is 30.4 Å². The Morgan fingerprint density at radius 3 is 2.63 bits per heavy atom. The minimum Gasteiger partial charge on any atom is -0.455 e. The molecule has 0 unspecified atom stereocenters. The molecule has 1 aromatic carbocycles. The van der Waals surface area contributed by atoms with Crippen LogP contribution in [0.1, 0.15) is 39.8 Å². The fourth-order valence-electron chi connectivity index (χ4n) is 5.13. The summed E-state index contributed by atoms with van der Waals surface area (Å²) >= 11 is 0. The minimum atomic E-state index is -1.91. The van der Waals surface area contributed by atoms with E-state index >= 15 is 0 Å². The Morgan fingerprint density at radius 2 is 1.93 bits per heavy atom. The van der Waals surface area contributed by atoms with E-state index in [-0.39, 0.29) is 23.8 Å². The summed E-state index contributed by atoms with van der Waals surface area (Å²) in [5, 5.41) is 42.7. The van der Waals surface area contributed by atoms with Gasteiger partial charge in [0.1, 0.15) is 41.6 Å². The van der Waals surface area contributed by atoms with Gasteiger partial charge in [-0.25, -0.2) is 8.78 Å². The molecule has 3 aliphatic rings. The lowest BCUT2D eigenvalue weighted by Gasteiger charge is -2.45. The monoisotopic (exact) mass is 581 g/mol. The second kappa shape index (κ2) is 11.4. The highest BCUT2D eigenvalue weighted by Gasteiger charge is 2.47. The smallest absolute Gasteiger partial charge is 0.276 e. The predicted octanol–water partition coefficient (Wildman–Crippen LogP) is -1.17. The van der Waals surface area contributed by atoms with Gasteiger partial charge in [-0.05, 0) is 19.4 Å². The molecule has 2 amide bonds. The number of aliphatic hydroxyl groups excluding tert-OH is 4. The van der Waals surface area contributed by atoms with Crippen molar-refractivity contribution in [3.63, 3.8) is 0 Å². The molecule has 0 aliphatic carbocycles. The van der Waals surface area contributed by atoms with Gasteiger partial charge in [-0.3, -0.25) is 14.4 Å². The molecule has 222 valence electrons.